The predicted molar refractivity (Wildman–Crippen MR) is 123 cm³/mol. The summed E-state index contributed by atoms with van der Waals surface area (Å²) in [7, 11) is 0. The van der Waals surface area contributed by atoms with E-state index < -0.39 is 30.0 Å². The van der Waals surface area contributed by atoms with E-state index in [9.17, 15) is 24.3 Å². The quantitative estimate of drug-likeness (QED) is 0.284. The number of imidazole rings is 1. The lowest BCUT2D eigenvalue weighted by Gasteiger charge is -2.30. The molecule has 1 aromatic heterocycles. The zero-order valence-corrected chi connectivity index (χ0v) is 19.5. The van der Waals surface area contributed by atoms with Gasteiger partial charge in [0.2, 0.25) is 17.7 Å². The normalized spacial score (nSPS) is 22.0. The minimum absolute atomic E-state index is 0.0581. The molecule has 182 valence electrons. The van der Waals surface area contributed by atoms with E-state index in [1.54, 1.807) is 11.8 Å². The predicted octanol–water partition coefficient (Wildman–Crippen LogP) is -0.497. The Morgan fingerprint density at radius 3 is 2.64 bits per heavy atom. The number of nitrogens with zero attached hydrogens (tertiary/aromatic N) is 2. The fourth-order valence-electron chi connectivity index (χ4n) is 4.26. The summed E-state index contributed by atoms with van der Waals surface area (Å²) in [4.78, 5) is 58.8. The molecule has 1 aromatic rings. The minimum Gasteiger partial charge on any atom is -0.480 e. The number of thioether (sulfide) groups is 1. The molecule has 0 radical (unpaired) electrons. The van der Waals surface area contributed by atoms with Crippen LogP contribution in [-0.2, 0) is 25.6 Å². The number of carbonyl (C=O) groups excluding carboxylic acids is 3. The van der Waals surface area contributed by atoms with Crippen LogP contribution in [0.3, 0.4) is 0 Å². The number of carboxylic acid groups (broad SMARTS) is 1. The first-order chi connectivity index (χ1) is 15.9. The number of carboxylic acids is 1. The van der Waals surface area contributed by atoms with Crippen molar-refractivity contribution < 1.29 is 24.3 Å². The van der Waals surface area contributed by atoms with Gasteiger partial charge in [-0.25, -0.2) is 9.78 Å². The van der Waals surface area contributed by atoms with Gasteiger partial charge in [0.05, 0.1) is 12.4 Å². The average Bonchev–Trinajstić information content (AvgIpc) is 3.57. The summed E-state index contributed by atoms with van der Waals surface area (Å²) in [6, 6.07) is -2.93. The highest BCUT2D eigenvalue weighted by atomic mass is 32.2. The molecule has 4 atom stereocenters. The van der Waals surface area contributed by atoms with Crippen molar-refractivity contribution in [3.63, 3.8) is 0 Å². The Hall–Kier alpha value is -2.60. The largest absolute Gasteiger partial charge is 0.480 e. The smallest absolute Gasteiger partial charge is 0.326 e. The zero-order valence-electron chi connectivity index (χ0n) is 18.7. The monoisotopic (exact) mass is 480 g/mol. The Bertz CT molecular complexity index is 829. The Morgan fingerprint density at radius 2 is 2.00 bits per heavy atom. The molecule has 33 heavy (non-hydrogen) atoms. The molecule has 12 heteroatoms. The van der Waals surface area contributed by atoms with Crippen LogP contribution in [0, 0.1) is 0 Å². The molecule has 0 spiro atoms. The van der Waals surface area contributed by atoms with Crippen LogP contribution in [0.4, 0.5) is 0 Å². The van der Waals surface area contributed by atoms with Crippen molar-refractivity contribution in [3.05, 3.63) is 18.2 Å². The van der Waals surface area contributed by atoms with Crippen LogP contribution >= 0.6 is 11.8 Å². The second-order valence-electron chi connectivity index (χ2n) is 8.36. The highest BCUT2D eigenvalue weighted by molar-refractivity contribution is 7.98. The van der Waals surface area contributed by atoms with Crippen LogP contribution in [0.15, 0.2) is 12.5 Å². The number of likely N-dealkylation sites (tertiary alicyclic amines) is 1. The van der Waals surface area contributed by atoms with Crippen molar-refractivity contribution in [3.8, 4) is 0 Å². The van der Waals surface area contributed by atoms with Gasteiger partial charge in [0.15, 0.2) is 0 Å². The molecule has 0 aliphatic carbocycles. The van der Waals surface area contributed by atoms with E-state index in [-0.39, 0.29) is 24.3 Å². The molecule has 3 amide bonds. The number of aromatic amines is 1. The summed E-state index contributed by atoms with van der Waals surface area (Å²) in [5.41, 5.74) is 0.586. The van der Waals surface area contributed by atoms with Gasteiger partial charge in [-0.1, -0.05) is 0 Å². The van der Waals surface area contributed by atoms with Crippen LogP contribution in [0.25, 0.3) is 0 Å². The summed E-state index contributed by atoms with van der Waals surface area (Å²) >= 11 is 1.58. The maximum absolute atomic E-state index is 13.4. The molecule has 2 fully saturated rings. The topological polar surface area (TPSA) is 157 Å². The van der Waals surface area contributed by atoms with E-state index in [4.69, 9.17) is 0 Å². The van der Waals surface area contributed by atoms with E-state index in [2.05, 4.69) is 25.9 Å². The van der Waals surface area contributed by atoms with Gasteiger partial charge >= 0.3 is 5.97 Å². The zero-order chi connectivity index (χ0) is 23.8. The molecule has 3 heterocycles. The molecule has 0 aromatic carbocycles. The number of nitrogens with one attached hydrogen (secondary N) is 4. The van der Waals surface area contributed by atoms with Crippen LogP contribution in [0.5, 0.6) is 0 Å². The van der Waals surface area contributed by atoms with Gasteiger partial charge in [-0.15, -0.1) is 0 Å². The van der Waals surface area contributed by atoms with Crippen molar-refractivity contribution in [1.82, 2.24) is 30.8 Å². The summed E-state index contributed by atoms with van der Waals surface area (Å²) < 4.78 is 0. The second kappa shape index (κ2) is 12.0. The van der Waals surface area contributed by atoms with Crippen molar-refractivity contribution in [2.75, 3.05) is 25.1 Å². The maximum Gasteiger partial charge on any atom is 0.326 e. The average molecular weight is 481 g/mol. The van der Waals surface area contributed by atoms with Gasteiger partial charge in [-0.2, -0.15) is 11.8 Å². The Kier molecular flexibility index (Phi) is 9.12. The van der Waals surface area contributed by atoms with E-state index >= 15 is 0 Å². The van der Waals surface area contributed by atoms with Crippen LogP contribution < -0.4 is 16.0 Å². The highest BCUT2D eigenvalue weighted by Crippen LogP contribution is 2.20. The first-order valence-electron chi connectivity index (χ1n) is 11.2. The van der Waals surface area contributed by atoms with Gasteiger partial charge < -0.3 is 30.9 Å². The lowest BCUT2D eigenvalue weighted by atomic mass is 10.1. The maximum atomic E-state index is 13.4. The molecule has 2 aliphatic heterocycles. The number of H-pyrrole nitrogens is 1. The molecule has 0 unspecified atom stereocenters. The number of aromatic nitrogens is 2. The van der Waals surface area contributed by atoms with Crippen LogP contribution in [0.1, 0.15) is 37.8 Å². The first kappa shape index (κ1) is 25.0. The van der Waals surface area contributed by atoms with E-state index in [0.29, 0.717) is 37.3 Å². The highest BCUT2D eigenvalue weighted by Gasteiger charge is 2.39. The number of amides is 3. The lowest BCUT2D eigenvalue weighted by Crippen LogP contribution is -2.57. The van der Waals surface area contributed by atoms with Crippen molar-refractivity contribution in [1.29, 1.82) is 0 Å². The Labute approximate surface area is 196 Å². The summed E-state index contributed by atoms with van der Waals surface area (Å²) in [5, 5.41) is 18.1. The van der Waals surface area contributed by atoms with Crippen molar-refractivity contribution >= 4 is 35.5 Å². The van der Waals surface area contributed by atoms with Gasteiger partial charge in [0.1, 0.15) is 18.1 Å². The molecule has 2 saturated heterocycles. The van der Waals surface area contributed by atoms with Gasteiger partial charge in [0.25, 0.3) is 0 Å². The first-order valence-corrected chi connectivity index (χ1v) is 12.6. The number of carbonyl (C=O) groups is 4. The van der Waals surface area contributed by atoms with Crippen LogP contribution in [-0.4, -0.2) is 92.9 Å². The van der Waals surface area contributed by atoms with Crippen molar-refractivity contribution in [2.24, 2.45) is 0 Å². The van der Waals surface area contributed by atoms with E-state index in [1.165, 1.54) is 17.4 Å². The molecule has 11 nitrogen and oxygen atoms in total. The van der Waals surface area contributed by atoms with Crippen LogP contribution in [0.2, 0.25) is 0 Å². The number of hydrogen-bond donors (Lipinski definition) is 5. The van der Waals surface area contributed by atoms with Gasteiger partial charge in [-0.05, 0) is 50.7 Å². The molecular weight excluding hydrogens is 448 g/mol. The number of aliphatic carboxylic acids is 1. The Morgan fingerprint density at radius 1 is 1.21 bits per heavy atom. The summed E-state index contributed by atoms with van der Waals surface area (Å²) in [5.74, 6) is -1.47. The lowest BCUT2D eigenvalue weighted by molar-refractivity contribution is -0.145. The third kappa shape index (κ3) is 6.70. The SMILES string of the molecule is CSCC[C@H](NC(=O)[C@@H]1CCCN1)C(=O)N1CCC[C@H]1C(=O)N[C@@H](Cc1cnc[nH]1)C(=O)O. The summed E-state index contributed by atoms with van der Waals surface area (Å²) in [6.45, 7) is 1.17. The summed E-state index contributed by atoms with van der Waals surface area (Å²) in [6.07, 6.45) is 8.12. The standard InChI is InChI=1S/C21H32N6O5S/c1-33-9-6-15(25-18(28)14-4-2-7-23-14)20(30)27-8-3-5-17(27)19(29)26-16(21(31)32)10-13-11-22-12-24-13/h11-12,14-17,23H,2-10H2,1H3,(H,22,24)(H,25,28)(H,26,29)(H,31,32)/t14-,15-,16-,17-/m0/s1. The third-order valence-electron chi connectivity index (χ3n) is 6.03. The second-order valence-corrected chi connectivity index (χ2v) is 9.35. The number of hydrogen-bond acceptors (Lipinski definition) is 7. The van der Waals surface area contributed by atoms with Gasteiger partial charge in [-0.3, -0.25) is 14.4 Å². The van der Waals surface area contributed by atoms with Crippen molar-refractivity contribution in [2.45, 2.75) is 62.7 Å². The Balaban J connectivity index is 1.65. The molecule has 3 rings (SSSR count). The molecular formula is C21H32N6O5S. The number of rotatable bonds is 11. The molecule has 0 saturated carbocycles. The van der Waals surface area contributed by atoms with E-state index in [0.717, 1.165) is 19.4 Å². The van der Waals surface area contributed by atoms with Gasteiger partial charge in [0, 0.05) is 24.9 Å². The molecule has 2 aliphatic rings. The molecule has 0 bridgehead atoms. The minimum atomic E-state index is -1.16. The fraction of sp³-hybridized carbons (Fsp3) is 0.667. The van der Waals surface area contributed by atoms with E-state index in [1.807, 2.05) is 6.26 Å². The third-order valence-corrected chi connectivity index (χ3v) is 6.68. The molecule has 5 N–H and O–H groups in total. The fourth-order valence-corrected chi connectivity index (χ4v) is 4.73.